The topological polar surface area (TPSA) is 0 Å². The van der Waals surface area contributed by atoms with E-state index in [2.05, 4.69) is 62.5 Å². The van der Waals surface area contributed by atoms with Crippen LogP contribution in [0.3, 0.4) is 0 Å². The summed E-state index contributed by atoms with van der Waals surface area (Å²) in [4.78, 5) is 0. The molecular weight excluding hydrogens is 204 g/mol. The predicted molar refractivity (Wildman–Crippen MR) is 78.4 cm³/mol. The fourth-order valence-electron chi connectivity index (χ4n) is 2.08. The maximum Gasteiger partial charge on any atom is -0.0152 e. The van der Waals surface area contributed by atoms with Crippen molar-refractivity contribution in [1.82, 2.24) is 0 Å². The Labute approximate surface area is 105 Å². The van der Waals surface area contributed by atoms with Crippen LogP contribution in [0.15, 0.2) is 55.6 Å². The van der Waals surface area contributed by atoms with E-state index >= 15 is 0 Å². The fraction of sp³-hybridized carbons (Fsp3) is 0.294. The van der Waals surface area contributed by atoms with E-state index in [1.54, 1.807) is 0 Å². The van der Waals surface area contributed by atoms with Crippen LogP contribution >= 0.6 is 0 Å². The highest BCUT2D eigenvalue weighted by Gasteiger charge is 1.98. The first-order chi connectivity index (χ1) is 8.42. The standard InChI is InChI=1S/C15H18.C2H4/c1-2-3-4-8-13-10-7-11-14-9-5-6-12-15(13)14;1-2/h5-7,9-12H,2-4,8H2,1H3;1-2H2. The molecule has 0 amide bonds. The van der Waals surface area contributed by atoms with Crippen LogP contribution in [-0.4, -0.2) is 0 Å². The van der Waals surface area contributed by atoms with Gasteiger partial charge in [0.1, 0.15) is 0 Å². The van der Waals surface area contributed by atoms with Crippen molar-refractivity contribution in [2.75, 3.05) is 0 Å². The van der Waals surface area contributed by atoms with Crippen LogP contribution in [-0.2, 0) is 6.42 Å². The first-order valence-corrected chi connectivity index (χ1v) is 6.38. The third-order valence-corrected chi connectivity index (χ3v) is 2.93. The molecule has 0 aliphatic heterocycles. The number of benzene rings is 2. The third kappa shape index (κ3) is 3.74. The Morgan fingerprint density at radius 1 is 0.882 bits per heavy atom. The van der Waals surface area contributed by atoms with Crippen molar-refractivity contribution < 1.29 is 0 Å². The second-order valence-electron chi connectivity index (χ2n) is 4.10. The Balaban J connectivity index is 0.000000686. The summed E-state index contributed by atoms with van der Waals surface area (Å²) in [5.74, 6) is 0. The first-order valence-electron chi connectivity index (χ1n) is 6.38. The third-order valence-electron chi connectivity index (χ3n) is 2.93. The lowest BCUT2D eigenvalue weighted by atomic mass is 10.00. The molecule has 0 saturated carbocycles. The number of hydrogen-bond donors (Lipinski definition) is 0. The normalized spacial score (nSPS) is 9.71. The number of aryl methyl sites for hydroxylation is 1. The van der Waals surface area contributed by atoms with E-state index in [0.29, 0.717) is 0 Å². The van der Waals surface area contributed by atoms with Crippen molar-refractivity contribution in [2.24, 2.45) is 0 Å². The largest absolute Gasteiger partial charge is 0.106 e. The van der Waals surface area contributed by atoms with Crippen molar-refractivity contribution >= 4 is 10.8 Å². The van der Waals surface area contributed by atoms with Gasteiger partial charge in [0.25, 0.3) is 0 Å². The van der Waals surface area contributed by atoms with Gasteiger partial charge in [-0.15, -0.1) is 13.2 Å². The molecule has 0 aliphatic rings. The Hall–Kier alpha value is -1.56. The molecule has 0 unspecified atom stereocenters. The Bertz CT molecular complexity index is 437. The molecule has 0 aromatic heterocycles. The van der Waals surface area contributed by atoms with Crippen molar-refractivity contribution in [2.45, 2.75) is 32.6 Å². The monoisotopic (exact) mass is 226 g/mol. The van der Waals surface area contributed by atoms with Gasteiger partial charge in [0.05, 0.1) is 0 Å². The van der Waals surface area contributed by atoms with E-state index in [1.807, 2.05) is 0 Å². The second-order valence-corrected chi connectivity index (χ2v) is 4.10. The van der Waals surface area contributed by atoms with Gasteiger partial charge in [0.15, 0.2) is 0 Å². The van der Waals surface area contributed by atoms with Gasteiger partial charge in [-0.05, 0) is 29.2 Å². The van der Waals surface area contributed by atoms with E-state index in [9.17, 15) is 0 Å². The number of fused-ring (bicyclic) bond motifs is 1. The van der Waals surface area contributed by atoms with Gasteiger partial charge in [-0.3, -0.25) is 0 Å². The van der Waals surface area contributed by atoms with Crippen LogP contribution in [0.5, 0.6) is 0 Å². The molecule has 0 bridgehead atoms. The van der Waals surface area contributed by atoms with Crippen LogP contribution in [0.25, 0.3) is 10.8 Å². The lowest BCUT2D eigenvalue weighted by Gasteiger charge is -2.05. The van der Waals surface area contributed by atoms with E-state index < -0.39 is 0 Å². The van der Waals surface area contributed by atoms with Gasteiger partial charge < -0.3 is 0 Å². The highest BCUT2D eigenvalue weighted by atomic mass is 14.0. The highest BCUT2D eigenvalue weighted by molar-refractivity contribution is 5.85. The van der Waals surface area contributed by atoms with Crippen molar-refractivity contribution in [3.63, 3.8) is 0 Å². The van der Waals surface area contributed by atoms with E-state index in [1.165, 1.54) is 42.0 Å². The fourth-order valence-corrected chi connectivity index (χ4v) is 2.08. The summed E-state index contributed by atoms with van der Waals surface area (Å²) in [7, 11) is 0. The second kappa shape index (κ2) is 7.67. The van der Waals surface area contributed by atoms with Crippen LogP contribution in [0, 0.1) is 0 Å². The Morgan fingerprint density at radius 2 is 1.59 bits per heavy atom. The average molecular weight is 226 g/mol. The predicted octanol–water partition coefficient (Wildman–Crippen LogP) is 5.37. The lowest BCUT2D eigenvalue weighted by molar-refractivity contribution is 0.719. The molecule has 0 saturated heterocycles. The van der Waals surface area contributed by atoms with E-state index in [-0.39, 0.29) is 0 Å². The molecule has 0 spiro atoms. The zero-order chi connectivity index (χ0) is 12.5. The Kier molecular flexibility index (Phi) is 6.09. The molecule has 0 heterocycles. The summed E-state index contributed by atoms with van der Waals surface area (Å²) in [5, 5.41) is 2.79. The molecule has 0 heteroatoms. The summed E-state index contributed by atoms with van der Waals surface area (Å²) in [6, 6.07) is 15.3. The minimum absolute atomic E-state index is 1.22. The summed E-state index contributed by atoms with van der Waals surface area (Å²) in [5.41, 5.74) is 1.50. The van der Waals surface area contributed by atoms with Crippen LogP contribution in [0.1, 0.15) is 31.7 Å². The number of hydrogen-bond acceptors (Lipinski definition) is 0. The summed E-state index contributed by atoms with van der Waals surface area (Å²) < 4.78 is 0. The van der Waals surface area contributed by atoms with Crippen LogP contribution in [0.4, 0.5) is 0 Å². The molecule has 17 heavy (non-hydrogen) atoms. The molecule has 90 valence electrons. The summed E-state index contributed by atoms with van der Waals surface area (Å²) in [6.07, 6.45) is 5.16. The lowest BCUT2D eigenvalue weighted by Crippen LogP contribution is -1.87. The zero-order valence-electron chi connectivity index (χ0n) is 10.8. The zero-order valence-corrected chi connectivity index (χ0v) is 10.8. The molecule has 0 fully saturated rings. The van der Waals surface area contributed by atoms with Crippen molar-refractivity contribution in [3.8, 4) is 0 Å². The molecule has 2 aromatic rings. The molecule has 0 N–H and O–H groups in total. The Morgan fingerprint density at radius 3 is 2.35 bits per heavy atom. The van der Waals surface area contributed by atoms with Gasteiger partial charge in [-0.25, -0.2) is 0 Å². The molecule has 0 radical (unpaired) electrons. The molecule has 0 aliphatic carbocycles. The minimum Gasteiger partial charge on any atom is -0.106 e. The quantitative estimate of drug-likeness (QED) is 0.485. The summed E-state index contributed by atoms with van der Waals surface area (Å²) in [6.45, 7) is 8.25. The molecule has 0 atom stereocenters. The SMILES string of the molecule is C=C.CCCCCc1cccc2ccccc12. The van der Waals surface area contributed by atoms with E-state index in [0.717, 1.165) is 0 Å². The average Bonchev–Trinajstić information content (AvgIpc) is 2.42. The molecule has 2 rings (SSSR count). The molecule has 2 aromatic carbocycles. The smallest absolute Gasteiger partial charge is 0.0152 e. The molecular formula is C17H22. The highest BCUT2D eigenvalue weighted by Crippen LogP contribution is 2.20. The van der Waals surface area contributed by atoms with Gasteiger partial charge in [-0.2, -0.15) is 0 Å². The summed E-state index contributed by atoms with van der Waals surface area (Å²) >= 11 is 0. The minimum atomic E-state index is 1.22. The van der Waals surface area contributed by atoms with Gasteiger partial charge in [-0.1, -0.05) is 62.2 Å². The first kappa shape index (κ1) is 13.5. The van der Waals surface area contributed by atoms with Crippen molar-refractivity contribution in [1.29, 1.82) is 0 Å². The van der Waals surface area contributed by atoms with Gasteiger partial charge in [0, 0.05) is 0 Å². The molecule has 0 nitrogen and oxygen atoms in total. The number of rotatable bonds is 4. The van der Waals surface area contributed by atoms with Gasteiger partial charge in [0.2, 0.25) is 0 Å². The van der Waals surface area contributed by atoms with Crippen molar-refractivity contribution in [3.05, 3.63) is 61.2 Å². The van der Waals surface area contributed by atoms with Crippen LogP contribution < -0.4 is 0 Å². The van der Waals surface area contributed by atoms with Crippen LogP contribution in [0.2, 0.25) is 0 Å². The van der Waals surface area contributed by atoms with E-state index in [4.69, 9.17) is 0 Å². The maximum absolute atomic E-state index is 3.00. The van der Waals surface area contributed by atoms with Gasteiger partial charge >= 0.3 is 0 Å². The number of unbranched alkanes of at least 4 members (excludes halogenated alkanes) is 2. The maximum atomic E-state index is 3.00.